The maximum atomic E-state index is 12.8. The first-order chi connectivity index (χ1) is 9.96. The van der Waals surface area contributed by atoms with Crippen LogP contribution < -0.4 is 5.32 Å². The number of amides is 1. The number of carbonyl (C=O) groups excluding carboxylic acids is 2. The van der Waals surface area contributed by atoms with Crippen LogP contribution in [0.25, 0.3) is 0 Å². The molecule has 0 aliphatic heterocycles. The lowest BCUT2D eigenvalue weighted by molar-refractivity contribution is -0.186. The number of halogens is 3. The second kappa shape index (κ2) is 6.87. The molecule has 22 heavy (non-hydrogen) atoms. The Morgan fingerprint density at radius 3 is 2.23 bits per heavy atom. The van der Waals surface area contributed by atoms with Gasteiger partial charge < -0.3 is 10.1 Å². The normalized spacial score (nSPS) is 24.5. The third kappa shape index (κ3) is 4.88. The van der Waals surface area contributed by atoms with Crippen molar-refractivity contribution in [1.29, 1.82) is 0 Å². The molecule has 0 saturated heterocycles. The highest BCUT2D eigenvalue weighted by Gasteiger charge is 2.44. The van der Waals surface area contributed by atoms with Crippen LogP contribution in [0.4, 0.5) is 13.2 Å². The third-order valence-electron chi connectivity index (χ3n) is 4.10. The van der Waals surface area contributed by atoms with Crippen molar-refractivity contribution in [3.05, 3.63) is 0 Å². The highest BCUT2D eigenvalue weighted by atomic mass is 19.4. The van der Waals surface area contributed by atoms with E-state index in [1.807, 2.05) is 0 Å². The lowest BCUT2D eigenvalue weighted by atomic mass is 9.79. The van der Waals surface area contributed by atoms with E-state index in [-0.39, 0.29) is 12.8 Å². The molecule has 1 fully saturated rings. The Balaban J connectivity index is 2.76. The van der Waals surface area contributed by atoms with Crippen molar-refractivity contribution < 1.29 is 27.5 Å². The topological polar surface area (TPSA) is 55.4 Å². The molecule has 0 unspecified atom stereocenters. The van der Waals surface area contributed by atoms with Gasteiger partial charge in [0.15, 0.2) is 0 Å². The van der Waals surface area contributed by atoms with Gasteiger partial charge in [-0.15, -0.1) is 0 Å². The molecule has 1 aliphatic carbocycles. The van der Waals surface area contributed by atoms with E-state index in [1.54, 1.807) is 20.8 Å². The second-order valence-electron chi connectivity index (χ2n) is 6.93. The average Bonchev–Trinajstić information content (AvgIpc) is 2.41. The van der Waals surface area contributed by atoms with Gasteiger partial charge in [-0.25, -0.2) is 4.79 Å². The van der Waals surface area contributed by atoms with Crippen molar-refractivity contribution in [2.24, 2.45) is 17.3 Å². The van der Waals surface area contributed by atoms with Crippen LogP contribution >= 0.6 is 0 Å². The van der Waals surface area contributed by atoms with Crippen LogP contribution in [0.3, 0.4) is 0 Å². The Morgan fingerprint density at radius 2 is 1.77 bits per heavy atom. The van der Waals surface area contributed by atoms with E-state index in [9.17, 15) is 22.8 Å². The molecule has 1 aliphatic rings. The summed E-state index contributed by atoms with van der Waals surface area (Å²) in [5.41, 5.74) is -0.582. The van der Waals surface area contributed by atoms with Crippen LogP contribution in [0.15, 0.2) is 0 Å². The molecule has 4 nitrogen and oxygen atoms in total. The Labute approximate surface area is 128 Å². The molecule has 1 amide bonds. The van der Waals surface area contributed by atoms with Gasteiger partial charge in [-0.05, 0) is 24.7 Å². The number of carbonyl (C=O) groups is 2. The summed E-state index contributed by atoms with van der Waals surface area (Å²) in [5, 5.41) is 2.57. The first kappa shape index (κ1) is 18.8. The van der Waals surface area contributed by atoms with Gasteiger partial charge in [0.25, 0.3) is 0 Å². The van der Waals surface area contributed by atoms with Crippen LogP contribution in [-0.4, -0.2) is 31.2 Å². The summed E-state index contributed by atoms with van der Waals surface area (Å²) in [6, 6.07) is -0.878. The molecule has 0 bridgehead atoms. The highest BCUT2D eigenvalue weighted by molar-refractivity contribution is 5.86. The van der Waals surface area contributed by atoms with Crippen molar-refractivity contribution in [2.45, 2.75) is 58.7 Å². The Kier molecular flexibility index (Phi) is 5.87. The van der Waals surface area contributed by atoms with E-state index < -0.39 is 41.3 Å². The van der Waals surface area contributed by atoms with Gasteiger partial charge in [0.05, 0.1) is 13.0 Å². The van der Waals surface area contributed by atoms with Crippen LogP contribution in [-0.2, 0) is 14.3 Å². The zero-order valence-electron chi connectivity index (χ0n) is 13.4. The number of hydrogen-bond donors (Lipinski definition) is 1. The van der Waals surface area contributed by atoms with Crippen molar-refractivity contribution >= 4 is 11.9 Å². The van der Waals surface area contributed by atoms with Gasteiger partial charge in [0, 0.05) is 5.92 Å². The maximum absolute atomic E-state index is 12.8. The minimum Gasteiger partial charge on any atom is -0.467 e. The molecular formula is C15H24F3NO3. The number of nitrogens with one attached hydrogen (secondary N) is 1. The smallest absolute Gasteiger partial charge is 0.391 e. The molecule has 128 valence electrons. The summed E-state index contributed by atoms with van der Waals surface area (Å²) in [7, 11) is 1.22. The van der Waals surface area contributed by atoms with Crippen LogP contribution in [0.5, 0.6) is 0 Å². The fraction of sp³-hybridized carbons (Fsp3) is 0.867. The van der Waals surface area contributed by atoms with Crippen LogP contribution in [0, 0.1) is 17.3 Å². The molecule has 0 aromatic heterocycles. The molecule has 1 N–H and O–H groups in total. The summed E-state index contributed by atoms with van der Waals surface area (Å²) in [4.78, 5) is 24.0. The van der Waals surface area contributed by atoms with Crippen LogP contribution in [0.1, 0.15) is 46.5 Å². The summed E-state index contributed by atoms with van der Waals surface area (Å²) in [5.74, 6) is -3.25. The largest absolute Gasteiger partial charge is 0.467 e. The highest BCUT2D eigenvalue weighted by Crippen LogP contribution is 2.40. The molecule has 0 aromatic rings. The van der Waals surface area contributed by atoms with E-state index in [0.29, 0.717) is 12.8 Å². The molecule has 1 rings (SSSR count). The number of alkyl halides is 3. The Bertz CT molecular complexity index is 415. The summed E-state index contributed by atoms with van der Waals surface area (Å²) >= 11 is 0. The first-order valence-electron chi connectivity index (χ1n) is 7.41. The number of rotatable bonds is 3. The number of methoxy groups -OCH3 is 1. The molecule has 1 saturated carbocycles. The number of hydrogen-bond acceptors (Lipinski definition) is 3. The standard InChI is InChI=1S/C15H24F3NO3/c1-14(2,3)11(13(21)22-4)19-12(20)9-6-5-7-10(8-9)15(16,17)18/h9-11H,5-8H2,1-4H3,(H,19,20)/t9-,10-,11-/m0/s1. The molecular weight excluding hydrogens is 299 g/mol. The van der Waals surface area contributed by atoms with Crippen molar-refractivity contribution in [1.82, 2.24) is 5.32 Å². The minimum absolute atomic E-state index is 0.0625. The van der Waals surface area contributed by atoms with Gasteiger partial charge in [0.1, 0.15) is 6.04 Å². The zero-order valence-corrected chi connectivity index (χ0v) is 13.4. The van der Waals surface area contributed by atoms with E-state index in [2.05, 4.69) is 10.1 Å². The second-order valence-corrected chi connectivity index (χ2v) is 6.93. The van der Waals surface area contributed by atoms with Gasteiger partial charge in [-0.2, -0.15) is 13.2 Å². The van der Waals surface area contributed by atoms with E-state index in [0.717, 1.165) is 0 Å². The van der Waals surface area contributed by atoms with Gasteiger partial charge in [-0.1, -0.05) is 27.2 Å². The minimum atomic E-state index is -4.27. The van der Waals surface area contributed by atoms with Crippen molar-refractivity contribution in [3.63, 3.8) is 0 Å². The zero-order chi connectivity index (χ0) is 17.1. The first-order valence-corrected chi connectivity index (χ1v) is 7.41. The molecule has 0 radical (unpaired) electrons. The SMILES string of the molecule is COC(=O)[C@H](NC(=O)[C@H]1CCC[C@H](C(F)(F)F)C1)C(C)(C)C. The summed E-state index contributed by atoms with van der Waals surface area (Å²) < 4.78 is 43.1. The van der Waals surface area contributed by atoms with Gasteiger partial charge >= 0.3 is 12.1 Å². The molecule has 0 aromatic carbocycles. The monoisotopic (exact) mass is 323 g/mol. The summed E-state index contributed by atoms with van der Waals surface area (Å²) in [6.07, 6.45) is -3.65. The quantitative estimate of drug-likeness (QED) is 0.812. The average molecular weight is 323 g/mol. The number of ether oxygens (including phenoxy) is 1. The van der Waals surface area contributed by atoms with Gasteiger partial charge in [-0.3, -0.25) is 4.79 Å². The lowest BCUT2D eigenvalue weighted by Gasteiger charge is -2.33. The molecule has 7 heteroatoms. The fourth-order valence-electron chi connectivity index (χ4n) is 2.73. The van der Waals surface area contributed by atoms with Crippen molar-refractivity contribution in [2.75, 3.05) is 7.11 Å². The molecule has 3 atom stereocenters. The summed E-state index contributed by atoms with van der Waals surface area (Å²) in [6.45, 7) is 5.27. The Hall–Kier alpha value is -1.27. The third-order valence-corrected chi connectivity index (χ3v) is 4.10. The maximum Gasteiger partial charge on any atom is 0.391 e. The Morgan fingerprint density at radius 1 is 1.18 bits per heavy atom. The van der Waals surface area contributed by atoms with E-state index >= 15 is 0 Å². The molecule has 0 heterocycles. The predicted octanol–water partition coefficient (Wildman–Crippen LogP) is 3.06. The van der Waals surface area contributed by atoms with Gasteiger partial charge in [0.2, 0.25) is 5.91 Å². The lowest BCUT2D eigenvalue weighted by Crippen LogP contribution is -2.52. The fourth-order valence-corrected chi connectivity index (χ4v) is 2.73. The van der Waals surface area contributed by atoms with Crippen LogP contribution in [0.2, 0.25) is 0 Å². The predicted molar refractivity (Wildman–Crippen MR) is 74.9 cm³/mol. The number of esters is 1. The van der Waals surface area contributed by atoms with E-state index in [1.165, 1.54) is 7.11 Å². The van der Waals surface area contributed by atoms with E-state index in [4.69, 9.17) is 0 Å². The molecule has 0 spiro atoms. The van der Waals surface area contributed by atoms with Crippen molar-refractivity contribution in [3.8, 4) is 0 Å².